The van der Waals surface area contributed by atoms with Crippen LogP contribution < -0.4 is 10.2 Å². The van der Waals surface area contributed by atoms with Crippen molar-refractivity contribution < 1.29 is 9.18 Å². The van der Waals surface area contributed by atoms with Gasteiger partial charge >= 0.3 is 0 Å². The van der Waals surface area contributed by atoms with E-state index in [0.29, 0.717) is 18.1 Å². The maximum absolute atomic E-state index is 12.8. The molecule has 1 N–H and O–H groups in total. The summed E-state index contributed by atoms with van der Waals surface area (Å²) in [4.78, 5) is 14.2. The number of hydrogen-bond acceptors (Lipinski definition) is 3. The van der Waals surface area contributed by atoms with Gasteiger partial charge in [-0.05, 0) is 49.2 Å². The fraction of sp³-hybridized carbons (Fsp3) is 0.350. The summed E-state index contributed by atoms with van der Waals surface area (Å²) in [5.41, 5.74) is 3.31. The highest BCUT2D eigenvalue weighted by atomic mass is 32.2. The smallest absolute Gasteiger partial charge is 0.230 e. The van der Waals surface area contributed by atoms with Crippen molar-refractivity contribution in [2.75, 3.05) is 23.7 Å². The molecule has 0 saturated heterocycles. The third-order valence-electron chi connectivity index (χ3n) is 3.97. The molecule has 2 aromatic carbocycles. The average molecular weight is 360 g/mol. The van der Waals surface area contributed by atoms with Gasteiger partial charge < -0.3 is 10.2 Å². The highest BCUT2D eigenvalue weighted by Gasteiger charge is 2.04. The second-order valence-electron chi connectivity index (χ2n) is 5.73. The molecule has 0 aromatic heterocycles. The molecule has 0 aliphatic heterocycles. The molecule has 0 bridgehead atoms. The summed E-state index contributed by atoms with van der Waals surface area (Å²) >= 11 is 1.53. The lowest BCUT2D eigenvalue weighted by Gasteiger charge is -2.21. The van der Waals surface area contributed by atoms with E-state index in [0.717, 1.165) is 24.2 Å². The van der Waals surface area contributed by atoms with Crippen molar-refractivity contribution >= 4 is 23.4 Å². The first-order chi connectivity index (χ1) is 12.1. The molecule has 0 saturated carbocycles. The largest absolute Gasteiger partial charge is 0.372 e. The van der Waals surface area contributed by atoms with Gasteiger partial charge in [-0.25, -0.2) is 4.39 Å². The third kappa shape index (κ3) is 6.42. The zero-order chi connectivity index (χ0) is 18.1. The van der Waals surface area contributed by atoms with E-state index in [9.17, 15) is 9.18 Å². The highest BCUT2D eigenvalue weighted by Crippen LogP contribution is 2.15. The maximum atomic E-state index is 12.8. The number of benzene rings is 2. The molecule has 0 spiro atoms. The van der Waals surface area contributed by atoms with Gasteiger partial charge in [0, 0.05) is 31.1 Å². The Hall–Kier alpha value is -2.01. The Labute approximate surface area is 153 Å². The van der Waals surface area contributed by atoms with E-state index in [1.807, 2.05) is 0 Å². The van der Waals surface area contributed by atoms with Crippen molar-refractivity contribution in [3.63, 3.8) is 0 Å². The quantitative estimate of drug-likeness (QED) is 0.727. The zero-order valence-corrected chi connectivity index (χ0v) is 15.6. The number of thioether (sulfide) groups is 1. The Morgan fingerprint density at radius 3 is 2.20 bits per heavy atom. The fourth-order valence-corrected chi connectivity index (χ4v) is 3.32. The van der Waals surface area contributed by atoms with Crippen molar-refractivity contribution in [3.8, 4) is 0 Å². The molecule has 2 rings (SSSR count). The van der Waals surface area contributed by atoms with Gasteiger partial charge in [0.25, 0.3) is 0 Å². The summed E-state index contributed by atoms with van der Waals surface area (Å²) in [6, 6.07) is 14.7. The van der Waals surface area contributed by atoms with Crippen LogP contribution in [0.2, 0.25) is 0 Å². The normalized spacial score (nSPS) is 10.5. The Morgan fingerprint density at radius 2 is 1.60 bits per heavy atom. The van der Waals surface area contributed by atoms with Crippen LogP contribution >= 0.6 is 11.8 Å². The molecule has 0 aliphatic rings. The fourth-order valence-electron chi connectivity index (χ4n) is 2.51. The second kappa shape index (κ2) is 10.1. The Bertz CT molecular complexity index is 654. The molecular weight excluding hydrogens is 335 g/mol. The van der Waals surface area contributed by atoms with Crippen LogP contribution in [0.3, 0.4) is 0 Å². The molecule has 0 aliphatic carbocycles. The number of carbonyl (C=O) groups is 1. The average Bonchev–Trinajstić information content (AvgIpc) is 2.64. The Balaban J connectivity index is 1.71. The zero-order valence-electron chi connectivity index (χ0n) is 14.8. The molecule has 3 nitrogen and oxygen atoms in total. The summed E-state index contributed by atoms with van der Waals surface area (Å²) in [6.07, 6.45) is 0. The van der Waals surface area contributed by atoms with Crippen LogP contribution in [0.25, 0.3) is 0 Å². The molecule has 0 radical (unpaired) electrons. The van der Waals surface area contributed by atoms with Gasteiger partial charge in [0.05, 0.1) is 5.75 Å². The van der Waals surface area contributed by atoms with Crippen molar-refractivity contribution in [3.05, 3.63) is 65.5 Å². The predicted octanol–water partition coefficient (Wildman–Crippen LogP) is 4.22. The van der Waals surface area contributed by atoms with Gasteiger partial charge in [-0.3, -0.25) is 4.79 Å². The van der Waals surface area contributed by atoms with Crippen LogP contribution in [-0.4, -0.2) is 24.7 Å². The third-order valence-corrected chi connectivity index (χ3v) is 4.97. The number of anilines is 1. The van der Waals surface area contributed by atoms with Crippen molar-refractivity contribution in [1.82, 2.24) is 5.32 Å². The molecule has 0 heterocycles. The molecule has 2 aromatic rings. The number of rotatable bonds is 9. The minimum absolute atomic E-state index is 0.0138. The first-order valence-corrected chi connectivity index (χ1v) is 9.70. The minimum atomic E-state index is -0.237. The van der Waals surface area contributed by atoms with Crippen molar-refractivity contribution in [1.29, 1.82) is 0 Å². The number of nitrogens with zero attached hydrogens (tertiary/aromatic N) is 1. The number of nitrogens with one attached hydrogen (secondary N) is 1. The monoisotopic (exact) mass is 360 g/mol. The van der Waals surface area contributed by atoms with Crippen LogP contribution in [0.5, 0.6) is 0 Å². The van der Waals surface area contributed by atoms with E-state index in [1.165, 1.54) is 29.6 Å². The van der Waals surface area contributed by atoms with E-state index >= 15 is 0 Å². The first-order valence-electron chi connectivity index (χ1n) is 8.55. The van der Waals surface area contributed by atoms with Crippen LogP contribution in [0.1, 0.15) is 25.0 Å². The van der Waals surface area contributed by atoms with Crippen LogP contribution in [0, 0.1) is 5.82 Å². The Kier molecular flexibility index (Phi) is 7.79. The SMILES string of the molecule is CCN(CC)c1ccc(CNC(=O)CSCc2ccc(F)cc2)cc1. The van der Waals surface area contributed by atoms with Gasteiger partial charge in [-0.2, -0.15) is 0 Å². The summed E-state index contributed by atoms with van der Waals surface area (Å²) in [7, 11) is 0. The minimum Gasteiger partial charge on any atom is -0.372 e. The topological polar surface area (TPSA) is 32.3 Å². The molecule has 0 unspecified atom stereocenters. The predicted molar refractivity (Wildman–Crippen MR) is 104 cm³/mol. The summed E-state index contributed by atoms with van der Waals surface area (Å²) in [5.74, 6) is 0.875. The Morgan fingerprint density at radius 1 is 1.00 bits per heavy atom. The summed E-state index contributed by atoms with van der Waals surface area (Å²) in [5, 5.41) is 2.94. The lowest BCUT2D eigenvalue weighted by Crippen LogP contribution is -2.25. The highest BCUT2D eigenvalue weighted by molar-refractivity contribution is 7.99. The van der Waals surface area contributed by atoms with E-state index in [4.69, 9.17) is 0 Å². The maximum Gasteiger partial charge on any atom is 0.230 e. The molecule has 25 heavy (non-hydrogen) atoms. The van der Waals surface area contributed by atoms with E-state index < -0.39 is 0 Å². The van der Waals surface area contributed by atoms with Crippen LogP contribution in [0.4, 0.5) is 10.1 Å². The standard InChI is InChI=1S/C20H25FN2OS/c1-3-23(4-2)19-11-7-16(8-12-19)13-22-20(24)15-25-14-17-5-9-18(21)10-6-17/h5-12H,3-4,13-15H2,1-2H3,(H,22,24). The van der Waals surface area contributed by atoms with Gasteiger partial charge in [0.2, 0.25) is 5.91 Å². The lowest BCUT2D eigenvalue weighted by molar-refractivity contribution is -0.118. The first kappa shape index (κ1) is 19.3. The number of amides is 1. The van der Waals surface area contributed by atoms with Gasteiger partial charge in [-0.1, -0.05) is 24.3 Å². The molecule has 0 atom stereocenters. The lowest BCUT2D eigenvalue weighted by atomic mass is 10.2. The molecule has 0 fully saturated rings. The van der Waals surface area contributed by atoms with Crippen molar-refractivity contribution in [2.24, 2.45) is 0 Å². The van der Waals surface area contributed by atoms with Gasteiger partial charge in [-0.15, -0.1) is 11.8 Å². The van der Waals surface area contributed by atoms with Crippen LogP contribution in [-0.2, 0) is 17.1 Å². The summed E-state index contributed by atoms with van der Waals surface area (Å²) in [6.45, 7) is 6.78. The van der Waals surface area contributed by atoms with Crippen LogP contribution in [0.15, 0.2) is 48.5 Å². The molecular formula is C20H25FN2OS. The number of carbonyl (C=O) groups excluding carboxylic acids is 1. The van der Waals surface area contributed by atoms with E-state index in [1.54, 1.807) is 12.1 Å². The molecule has 1 amide bonds. The molecule has 5 heteroatoms. The number of hydrogen-bond donors (Lipinski definition) is 1. The van der Waals surface area contributed by atoms with Gasteiger partial charge in [0.15, 0.2) is 0 Å². The van der Waals surface area contributed by atoms with E-state index in [-0.39, 0.29) is 11.7 Å². The molecule has 134 valence electrons. The number of halogens is 1. The van der Waals surface area contributed by atoms with Crippen molar-refractivity contribution in [2.45, 2.75) is 26.1 Å². The second-order valence-corrected chi connectivity index (χ2v) is 6.72. The van der Waals surface area contributed by atoms with E-state index in [2.05, 4.69) is 48.3 Å². The summed E-state index contributed by atoms with van der Waals surface area (Å²) < 4.78 is 12.8. The van der Waals surface area contributed by atoms with Gasteiger partial charge in [0.1, 0.15) is 5.82 Å².